The molecule has 0 aromatic carbocycles. The largest absolute Gasteiger partial charge is 0.460 e. The number of ketones is 3. The van der Waals surface area contributed by atoms with Crippen LogP contribution >= 0.6 is 0 Å². The first-order valence-electron chi connectivity index (χ1n) is 23.9. The Bertz CT molecular complexity index is 1670. The molecule has 14 nitrogen and oxygen atoms in total. The summed E-state index contributed by atoms with van der Waals surface area (Å²) in [6.45, 7) is 12.3. The van der Waals surface area contributed by atoms with E-state index in [1.165, 1.54) is 12.0 Å². The van der Waals surface area contributed by atoms with Gasteiger partial charge in [-0.25, -0.2) is 4.79 Å². The highest BCUT2D eigenvalue weighted by molar-refractivity contribution is 6.37. The molecular weight excluding hydrogens is 835 g/mol. The molecular formula is C51H81NO13. The van der Waals surface area contributed by atoms with Crippen molar-refractivity contribution < 1.29 is 63.0 Å². The number of hydrogen-bond donors (Lipinski definition) is 3. The van der Waals surface area contributed by atoms with Crippen LogP contribution in [-0.2, 0) is 47.7 Å². The molecule has 0 aromatic rings. The zero-order chi connectivity index (χ0) is 48.4. The molecule has 0 unspecified atom stereocenters. The van der Waals surface area contributed by atoms with Gasteiger partial charge in [0, 0.05) is 52.6 Å². The lowest BCUT2D eigenvalue weighted by atomic mass is 9.78. The first-order chi connectivity index (χ1) is 30.8. The number of aliphatic hydroxyl groups excluding tert-OH is 3. The minimum atomic E-state index is -1.31. The van der Waals surface area contributed by atoms with E-state index >= 15 is 0 Å². The van der Waals surface area contributed by atoms with Gasteiger partial charge in [0.15, 0.2) is 5.78 Å². The molecule has 3 rings (SSSR count). The Labute approximate surface area is 388 Å². The lowest BCUT2D eigenvalue weighted by molar-refractivity contribution is -0.166. The highest BCUT2D eigenvalue weighted by Gasteiger charge is 2.40. The van der Waals surface area contributed by atoms with Crippen LogP contribution in [0.1, 0.15) is 126 Å². The second kappa shape index (κ2) is 28.1. The Morgan fingerprint density at radius 3 is 2.25 bits per heavy atom. The molecule has 3 aliphatic rings. The fraction of sp³-hybridized carbons (Fsp3) is 0.745. The first-order valence-corrected chi connectivity index (χ1v) is 23.9. The van der Waals surface area contributed by atoms with Crippen molar-refractivity contribution in [2.24, 2.45) is 29.6 Å². The summed E-state index contributed by atoms with van der Waals surface area (Å²) < 4.78 is 29.3. The Morgan fingerprint density at radius 2 is 1.58 bits per heavy atom. The zero-order valence-corrected chi connectivity index (χ0v) is 40.8. The topological polar surface area (TPSA) is 195 Å². The Hall–Kier alpha value is -3.37. The summed E-state index contributed by atoms with van der Waals surface area (Å²) in [5.74, 6) is -4.19. The van der Waals surface area contributed by atoms with Crippen LogP contribution in [0.5, 0.6) is 0 Å². The van der Waals surface area contributed by atoms with E-state index in [1.807, 2.05) is 58.1 Å². The van der Waals surface area contributed by atoms with Gasteiger partial charge in [-0.1, -0.05) is 64.2 Å². The lowest BCUT2D eigenvalue weighted by Crippen LogP contribution is -2.52. The number of rotatable bonds is 9. The minimum Gasteiger partial charge on any atom is -0.460 e. The van der Waals surface area contributed by atoms with Crippen LogP contribution < -0.4 is 0 Å². The number of aliphatic hydroxyl groups is 3. The van der Waals surface area contributed by atoms with Gasteiger partial charge < -0.3 is 43.9 Å². The van der Waals surface area contributed by atoms with Gasteiger partial charge in [-0.15, -0.1) is 0 Å². The van der Waals surface area contributed by atoms with Crippen LogP contribution in [0.25, 0.3) is 0 Å². The SMILES string of the molecule is CO[C@H]1C[C@H](CC[C@@H](C)O)OCC(=O)C(=O)N2CCCC[C@H]2C(=O)O[C@H]([C@H](C)C[C@@H]2CC[C@@H](O)[C@H](OC)C2)CC(=O)[C@H](C)/C=C(\C)[C@@H](O)[C@@H](OC)C(=O)[C@H](C)C[C@H](C)/C=C/C=C/C=C/1C. The number of Topliss-reactive ketones (excluding diaryl/α,β-unsaturated/α-hetero) is 3. The maximum Gasteiger partial charge on any atom is 0.329 e. The van der Waals surface area contributed by atoms with Crippen molar-refractivity contribution in [3.05, 3.63) is 47.6 Å². The number of allylic oxidation sites excluding steroid dienone is 6. The molecule has 0 radical (unpaired) electrons. The van der Waals surface area contributed by atoms with Gasteiger partial charge >= 0.3 is 5.97 Å². The quantitative estimate of drug-likeness (QED) is 0.134. The van der Waals surface area contributed by atoms with Crippen molar-refractivity contribution in [1.82, 2.24) is 4.90 Å². The molecule has 1 aliphatic carbocycles. The highest BCUT2D eigenvalue weighted by atomic mass is 16.5. The molecule has 2 fully saturated rings. The number of carbonyl (C=O) groups is 5. The molecule has 14 heteroatoms. The number of ether oxygens (including phenoxy) is 5. The van der Waals surface area contributed by atoms with Gasteiger partial charge in [0.05, 0.1) is 30.5 Å². The molecule has 14 atom stereocenters. The van der Waals surface area contributed by atoms with Crippen molar-refractivity contribution >= 4 is 29.2 Å². The van der Waals surface area contributed by atoms with Crippen LogP contribution in [0.2, 0.25) is 0 Å². The normalized spacial score (nSPS) is 36.6. The standard InChI is InChI=1S/C51H81NO13/c1-31-16-12-11-13-17-32(2)44(61-8)28-39(21-19-37(7)53)64-30-43(56)50(59)52-23-15-14-18-40(52)51(60)65-45(34(4)26-38-20-22-41(54)46(27-38)62-9)29-42(55)33(3)25-36(6)48(58)49(63-10)47(57)35(5)24-31/h11-13,16-17,25,31,33-35,37-41,44-46,48-49,53-54,58H,14-15,18-24,26-30H2,1-10H3/b13-11+,16-12+,32-17+,36-25+/t31-,33-,34-,35-,37-,38+,39+,40+,41-,44+,45+,46-,48-,49+/m1/s1. The van der Waals surface area contributed by atoms with Crippen molar-refractivity contribution in [2.75, 3.05) is 34.5 Å². The van der Waals surface area contributed by atoms with E-state index in [2.05, 4.69) is 0 Å². The fourth-order valence-electron chi connectivity index (χ4n) is 9.44. The van der Waals surface area contributed by atoms with E-state index in [9.17, 15) is 39.3 Å². The third-order valence-corrected chi connectivity index (χ3v) is 13.6. The van der Waals surface area contributed by atoms with E-state index in [4.69, 9.17) is 23.7 Å². The second-order valence-corrected chi connectivity index (χ2v) is 19.1. The van der Waals surface area contributed by atoms with Crippen molar-refractivity contribution in [3.8, 4) is 0 Å². The Morgan fingerprint density at radius 1 is 0.862 bits per heavy atom. The maximum atomic E-state index is 14.2. The van der Waals surface area contributed by atoms with E-state index in [0.717, 1.165) is 12.0 Å². The number of carbonyl (C=O) groups excluding carboxylic acids is 5. The van der Waals surface area contributed by atoms with E-state index in [-0.39, 0.29) is 54.8 Å². The molecule has 2 heterocycles. The number of cyclic esters (lactones) is 1. The molecule has 2 aliphatic heterocycles. The molecule has 0 bridgehead atoms. The predicted octanol–water partition coefficient (Wildman–Crippen LogP) is 6.22. The summed E-state index contributed by atoms with van der Waals surface area (Å²) in [6.07, 6.45) is 10.9. The summed E-state index contributed by atoms with van der Waals surface area (Å²) in [5, 5.41) is 32.0. The van der Waals surface area contributed by atoms with Crippen molar-refractivity contribution in [3.63, 3.8) is 0 Å². The summed E-state index contributed by atoms with van der Waals surface area (Å²) in [4.78, 5) is 70.7. The highest BCUT2D eigenvalue weighted by Crippen LogP contribution is 2.34. The average molecular weight is 916 g/mol. The number of fused-ring (bicyclic) bond motifs is 1. The molecule has 368 valence electrons. The molecule has 1 saturated carbocycles. The summed E-state index contributed by atoms with van der Waals surface area (Å²) >= 11 is 0. The molecule has 3 N–H and O–H groups in total. The number of nitrogens with zero attached hydrogens (tertiary/aromatic N) is 1. The Balaban J connectivity index is 2.01. The summed E-state index contributed by atoms with van der Waals surface area (Å²) in [7, 11) is 4.53. The van der Waals surface area contributed by atoms with Crippen LogP contribution in [0, 0.1) is 29.6 Å². The van der Waals surface area contributed by atoms with Gasteiger partial charge in [0.25, 0.3) is 5.91 Å². The van der Waals surface area contributed by atoms with E-state index in [0.29, 0.717) is 63.4 Å². The first kappa shape index (κ1) is 56.0. The summed E-state index contributed by atoms with van der Waals surface area (Å²) in [6, 6.07) is -1.05. The summed E-state index contributed by atoms with van der Waals surface area (Å²) in [5.41, 5.74) is 1.29. The van der Waals surface area contributed by atoms with Gasteiger partial charge in [0.2, 0.25) is 5.78 Å². The molecule has 0 spiro atoms. The van der Waals surface area contributed by atoms with Gasteiger partial charge in [-0.05, 0) is 114 Å². The molecule has 65 heavy (non-hydrogen) atoms. The van der Waals surface area contributed by atoms with Crippen molar-refractivity contribution in [1.29, 1.82) is 0 Å². The van der Waals surface area contributed by atoms with E-state index < -0.39 is 84.9 Å². The third kappa shape index (κ3) is 17.7. The molecule has 1 amide bonds. The number of piperidine rings is 1. The number of methoxy groups -OCH3 is 3. The van der Waals surface area contributed by atoms with Crippen LogP contribution in [-0.4, -0.2) is 139 Å². The number of esters is 1. The van der Waals surface area contributed by atoms with Crippen molar-refractivity contribution in [2.45, 2.75) is 180 Å². The smallest absolute Gasteiger partial charge is 0.329 e. The third-order valence-electron chi connectivity index (χ3n) is 13.6. The van der Waals surface area contributed by atoms with Gasteiger partial charge in [-0.2, -0.15) is 0 Å². The molecule has 1 saturated heterocycles. The lowest BCUT2D eigenvalue weighted by Gasteiger charge is -2.37. The number of amides is 1. The predicted molar refractivity (Wildman–Crippen MR) is 248 cm³/mol. The van der Waals surface area contributed by atoms with Crippen LogP contribution in [0.3, 0.4) is 0 Å². The average Bonchev–Trinajstić information content (AvgIpc) is 3.27. The Kier molecular flexibility index (Phi) is 24.2. The molecule has 0 aromatic heterocycles. The van der Waals surface area contributed by atoms with Gasteiger partial charge in [0.1, 0.15) is 36.7 Å². The van der Waals surface area contributed by atoms with Crippen LogP contribution in [0.15, 0.2) is 47.6 Å². The fourth-order valence-corrected chi connectivity index (χ4v) is 9.44. The van der Waals surface area contributed by atoms with E-state index in [1.54, 1.807) is 41.1 Å². The minimum absolute atomic E-state index is 0.0214. The maximum absolute atomic E-state index is 14.2. The zero-order valence-electron chi connectivity index (χ0n) is 40.8. The second-order valence-electron chi connectivity index (χ2n) is 19.1. The van der Waals surface area contributed by atoms with Gasteiger partial charge in [-0.3, -0.25) is 19.2 Å². The monoisotopic (exact) mass is 916 g/mol. The van der Waals surface area contributed by atoms with Crippen LogP contribution in [0.4, 0.5) is 0 Å². The number of hydrogen-bond acceptors (Lipinski definition) is 13.